The minimum atomic E-state index is -0.718. The molecule has 0 spiro atoms. The van der Waals surface area contributed by atoms with E-state index in [0.717, 1.165) is 28.8 Å². The monoisotopic (exact) mass is 807 g/mol. The van der Waals surface area contributed by atoms with Crippen molar-refractivity contribution in [3.05, 3.63) is 183 Å². The van der Waals surface area contributed by atoms with Crippen LogP contribution in [0.15, 0.2) is 150 Å². The maximum Gasteiger partial charge on any atom is 0.341 e. The summed E-state index contributed by atoms with van der Waals surface area (Å²) in [7, 11) is 2.93. The van der Waals surface area contributed by atoms with Crippen LogP contribution >= 0.6 is 23.1 Å². The van der Waals surface area contributed by atoms with Crippen molar-refractivity contribution in [3.63, 3.8) is 0 Å². The first-order valence-corrected chi connectivity index (χ1v) is 20.4. The number of esters is 1. The number of anilines is 2. The number of hydrogen-bond acceptors (Lipinski definition) is 8. The lowest BCUT2D eigenvalue weighted by molar-refractivity contribution is -0.116. The van der Waals surface area contributed by atoms with Gasteiger partial charge in [0.25, 0.3) is 11.8 Å². The van der Waals surface area contributed by atoms with Crippen molar-refractivity contribution in [2.45, 2.75) is 35.3 Å². The number of thiophene rings is 1. The molecule has 11 heteroatoms. The molecule has 0 saturated heterocycles. The van der Waals surface area contributed by atoms with E-state index in [4.69, 9.17) is 9.47 Å². The molecule has 2 unspecified atom stereocenters. The largest absolute Gasteiger partial charge is 0.497 e. The van der Waals surface area contributed by atoms with Crippen LogP contribution in [0, 0.1) is 0 Å². The normalized spacial score (nSPS) is 14.0. The van der Waals surface area contributed by atoms with Crippen molar-refractivity contribution in [1.29, 1.82) is 0 Å². The van der Waals surface area contributed by atoms with Gasteiger partial charge in [-0.1, -0.05) is 97.1 Å². The summed E-state index contributed by atoms with van der Waals surface area (Å²) in [5.74, 6) is -0.777. The van der Waals surface area contributed by atoms with E-state index in [2.05, 4.69) is 28.1 Å². The zero-order valence-corrected chi connectivity index (χ0v) is 33.5. The van der Waals surface area contributed by atoms with Crippen molar-refractivity contribution in [1.82, 2.24) is 5.32 Å². The number of carbonyl (C=O) groups is 4. The van der Waals surface area contributed by atoms with E-state index in [1.165, 1.54) is 35.8 Å². The minimum Gasteiger partial charge on any atom is -0.497 e. The van der Waals surface area contributed by atoms with E-state index >= 15 is 0 Å². The summed E-state index contributed by atoms with van der Waals surface area (Å²) in [5.41, 5.74) is 4.95. The molecule has 292 valence electrons. The second-order valence-corrected chi connectivity index (χ2v) is 15.9. The minimum absolute atomic E-state index is 0.0359. The lowest BCUT2D eigenvalue weighted by Crippen LogP contribution is -2.30. The molecule has 0 saturated carbocycles. The Bertz CT molecular complexity index is 2430. The lowest BCUT2D eigenvalue weighted by atomic mass is 9.83. The predicted molar refractivity (Wildman–Crippen MR) is 230 cm³/mol. The highest BCUT2D eigenvalue weighted by Crippen LogP contribution is 2.44. The Balaban J connectivity index is 1.13. The quantitative estimate of drug-likeness (QED) is 0.0604. The number of nitrogens with one attached hydrogen (secondary N) is 3. The van der Waals surface area contributed by atoms with Crippen LogP contribution in [0.5, 0.6) is 5.75 Å². The number of methoxy groups -OCH3 is 2. The molecule has 9 nitrogen and oxygen atoms in total. The topological polar surface area (TPSA) is 123 Å². The third kappa shape index (κ3) is 9.56. The average molecular weight is 808 g/mol. The Morgan fingerprint density at radius 3 is 2.17 bits per heavy atom. The summed E-state index contributed by atoms with van der Waals surface area (Å²) in [6, 6.07) is 42.7. The fourth-order valence-corrected chi connectivity index (χ4v) is 9.27. The molecule has 7 rings (SSSR count). The number of hydrogen-bond donors (Lipinski definition) is 3. The van der Waals surface area contributed by atoms with E-state index in [9.17, 15) is 19.2 Å². The summed E-state index contributed by atoms with van der Waals surface area (Å²) in [4.78, 5) is 56.4. The van der Waals surface area contributed by atoms with Crippen molar-refractivity contribution < 1.29 is 28.7 Å². The Kier molecular flexibility index (Phi) is 12.8. The van der Waals surface area contributed by atoms with Crippen LogP contribution in [-0.4, -0.2) is 37.9 Å². The smallest absolute Gasteiger partial charge is 0.341 e. The van der Waals surface area contributed by atoms with Gasteiger partial charge in [-0.15, -0.1) is 23.1 Å². The molecular weight excluding hydrogens is 767 g/mol. The van der Waals surface area contributed by atoms with Gasteiger partial charge in [0.05, 0.1) is 19.8 Å². The van der Waals surface area contributed by atoms with Crippen LogP contribution in [0.25, 0.3) is 6.08 Å². The second kappa shape index (κ2) is 18.7. The van der Waals surface area contributed by atoms with Gasteiger partial charge in [-0.3, -0.25) is 14.4 Å². The molecule has 3 amide bonds. The van der Waals surface area contributed by atoms with Crippen LogP contribution < -0.4 is 20.7 Å². The highest BCUT2D eigenvalue weighted by atomic mass is 32.2. The fourth-order valence-electron chi connectivity index (χ4n) is 6.87. The number of rotatable bonds is 13. The third-order valence-corrected chi connectivity index (χ3v) is 12.2. The molecule has 1 aromatic heterocycles. The molecule has 1 aliphatic carbocycles. The third-order valence-electron chi connectivity index (χ3n) is 9.80. The summed E-state index contributed by atoms with van der Waals surface area (Å²) < 4.78 is 10.5. The number of carbonyl (C=O) groups excluding carboxylic acids is 4. The van der Waals surface area contributed by atoms with Crippen LogP contribution in [-0.2, 0) is 27.2 Å². The van der Waals surface area contributed by atoms with Gasteiger partial charge in [0.2, 0.25) is 5.91 Å². The molecule has 1 aliphatic rings. The first-order valence-electron chi connectivity index (χ1n) is 18.7. The first-order chi connectivity index (χ1) is 28.3. The van der Waals surface area contributed by atoms with Gasteiger partial charge >= 0.3 is 5.97 Å². The summed E-state index contributed by atoms with van der Waals surface area (Å²) in [5, 5.41) is 8.57. The van der Waals surface area contributed by atoms with Gasteiger partial charge in [-0.05, 0) is 96.0 Å². The highest BCUT2D eigenvalue weighted by Gasteiger charge is 2.32. The van der Waals surface area contributed by atoms with Crippen LogP contribution in [0.1, 0.15) is 65.4 Å². The molecular formula is C47H41N3O6S2. The van der Waals surface area contributed by atoms with Gasteiger partial charge in [0.15, 0.2) is 0 Å². The van der Waals surface area contributed by atoms with Crippen molar-refractivity contribution in [3.8, 4) is 5.75 Å². The highest BCUT2D eigenvalue weighted by molar-refractivity contribution is 8.00. The van der Waals surface area contributed by atoms with E-state index in [-0.39, 0.29) is 11.6 Å². The van der Waals surface area contributed by atoms with Crippen molar-refractivity contribution >= 4 is 63.6 Å². The van der Waals surface area contributed by atoms with E-state index in [1.807, 2.05) is 60.7 Å². The summed E-state index contributed by atoms with van der Waals surface area (Å²) in [6.45, 7) is 0. The van der Waals surface area contributed by atoms with Gasteiger partial charge < -0.3 is 25.4 Å². The van der Waals surface area contributed by atoms with Crippen LogP contribution in [0.4, 0.5) is 10.7 Å². The van der Waals surface area contributed by atoms with E-state index in [1.54, 1.807) is 79.9 Å². The zero-order valence-electron chi connectivity index (χ0n) is 31.9. The SMILES string of the molecule is COC(=O)c1c(NC(=O)C(Sc2cccc(NC(=O)/C(=C\c3ccc(OC)cc3)NC(=O)c3ccccc3)c2)c2ccccc2)sc2c1CCC(c1ccccc1)C2. The molecule has 0 bridgehead atoms. The lowest BCUT2D eigenvalue weighted by Gasteiger charge is -2.22. The van der Waals surface area contributed by atoms with Crippen LogP contribution in [0.2, 0.25) is 0 Å². The van der Waals surface area contributed by atoms with Crippen LogP contribution in [0.3, 0.4) is 0 Å². The van der Waals surface area contributed by atoms with Gasteiger partial charge in [-0.25, -0.2) is 4.79 Å². The number of amides is 3. The average Bonchev–Trinajstić information content (AvgIpc) is 3.63. The Morgan fingerprint density at radius 1 is 0.793 bits per heavy atom. The first kappa shape index (κ1) is 39.8. The number of ether oxygens (including phenoxy) is 2. The van der Waals surface area contributed by atoms with Crippen molar-refractivity contribution in [2.75, 3.05) is 24.9 Å². The molecule has 0 aliphatic heterocycles. The molecule has 0 radical (unpaired) electrons. The van der Waals surface area contributed by atoms with Gasteiger partial charge in [0, 0.05) is 21.0 Å². The molecule has 0 fully saturated rings. The molecule has 5 aromatic carbocycles. The molecule has 3 N–H and O–H groups in total. The maximum atomic E-state index is 14.4. The summed E-state index contributed by atoms with van der Waals surface area (Å²) in [6.07, 6.45) is 3.95. The molecule has 58 heavy (non-hydrogen) atoms. The number of fused-ring (bicyclic) bond motifs is 1. The molecule has 2 atom stereocenters. The predicted octanol–water partition coefficient (Wildman–Crippen LogP) is 9.70. The van der Waals surface area contributed by atoms with Gasteiger partial charge in [0.1, 0.15) is 21.7 Å². The maximum absolute atomic E-state index is 14.4. The number of thioether (sulfide) groups is 1. The molecule has 6 aromatic rings. The number of benzene rings is 5. The standard InChI is InChI=1S/C47H41N3O6S2/c1-55-36-24-21-30(22-25-36)27-39(49-43(51)33-17-10-5-11-18-33)44(52)48-35-19-12-20-37(29-35)57-42(32-15-8-4-9-16-32)45(53)50-46-41(47(54)56-2)38-26-23-34(28-40(38)58-46)31-13-6-3-7-14-31/h3-22,24-25,27,29,34,42H,23,26,28H2,1-2H3,(H,48,52)(H,49,51)(H,50,53)/b39-27+. The van der Waals surface area contributed by atoms with Crippen molar-refractivity contribution in [2.24, 2.45) is 0 Å². The Hall–Kier alpha value is -6.43. The molecule has 1 heterocycles. The second-order valence-electron chi connectivity index (χ2n) is 13.6. The zero-order chi connectivity index (χ0) is 40.4. The van der Waals surface area contributed by atoms with E-state index < -0.39 is 23.0 Å². The fraction of sp³-hybridized carbons (Fsp3) is 0.149. The Labute approximate surface area is 345 Å². The Morgan fingerprint density at radius 2 is 1.48 bits per heavy atom. The van der Waals surface area contributed by atoms with Gasteiger partial charge in [-0.2, -0.15) is 0 Å². The summed E-state index contributed by atoms with van der Waals surface area (Å²) >= 11 is 2.75. The van der Waals surface area contributed by atoms with E-state index in [0.29, 0.717) is 50.4 Å².